The van der Waals surface area contributed by atoms with E-state index >= 15 is 0 Å². The molecule has 2 unspecified atom stereocenters. The van der Waals surface area contributed by atoms with Crippen molar-refractivity contribution < 1.29 is 14.5 Å². The molecule has 0 saturated heterocycles. The summed E-state index contributed by atoms with van der Waals surface area (Å²) in [6, 6.07) is 3.87. The van der Waals surface area contributed by atoms with Gasteiger partial charge in [-0.05, 0) is 19.9 Å². The van der Waals surface area contributed by atoms with Crippen LogP contribution in [0.5, 0.6) is 5.75 Å². The Morgan fingerprint density at radius 2 is 2.20 bits per heavy atom. The molecule has 0 aliphatic carbocycles. The maximum absolute atomic E-state index is 11.1. The van der Waals surface area contributed by atoms with Crippen molar-refractivity contribution in [2.75, 3.05) is 0 Å². The van der Waals surface area contributed by atoms with Crippen LogP contribution < -0.4 is 16.2 Å². The maximum atomic E-state index is 11.1. The lowest BCUT2D eigenvalue weighted by molar-refractivity contribution is -0.384. The van der Waals surface area contributed by atoms with Gasteiger partial charge in [-0.25, -0.2) is 0 Å². The van der Waals surface area contributed by atoms with Crippen LogP contribution >= 0.6 is 11.6 Å². The van der Waals surface area contributed by atoms with Crippen molar-refractivity contribution in [2.24, 2.45) is 11.5 Å². The van der Waals surface area contributed by atoms with E-state index in [-0.39, 0.29) is 22.9 Å². The topological polar surface area (TPSA) is 121 Å². The number of rotatable bonds is 6. The van der Waals surface area contributed by atoms with Crippen LogP contribution in [0.3, 0.4) is 0 Å². The molecule has 0 radical (unpaired) electrons. The van der Waals surface area contributed by atoms with Gasteiger partial charge in [0.2, 0.25) is 5.91 Å². The normalized spacial score (nSPS) is 15.2. The summed E-state index contributed by atoms with van der Waals surface area (Å²) in [7, 11) is 0. The fraction of sp³-hybridized carbons (Fsp3) is 0.417. The first kappa shape index (κ1) is 16.2. The Morgan fingerprint density at radius 1 is 1.60 bits per heavy atom. The Balaban J connectivity index is 2.79. The summed E-state index contributed by atoms with van der Waals surface area (Å²) in [6.45, 7) is 3.21. The van der Waals surface area contributed by atoms with E-state index in [0.717, 1.165) is 0 Å². The SMILES string of the molecule is CC(CC(C)(N)C(N)=O)Oc1ccc([N+](=O)[O-])cc1Cl. The average molecular weight is 302 g/mol. The first-order valence-corrected chi connectivity index (χ1v) is 6.20. The molecule has 0 aliphatic heterocycles. The van der Waals surface area contributed by atoms with E-state index in [2.05, 4.69) is 0 Å². The van der Waals surface area contributed by atoms with Crippen molar-refractivity contribution in [3.8, 4) is 5.75 Å². The summed E-state index contributed by atoms with van der Waals surface area (Å²) in [6.07, 6.45) is -0.244. The number of nitrogens with two attached hydrogens (primary N) is 2. The van der Waals surface area contributed by atoms with Gasteiger partial charge in [0.25, 0.3) is 5.69 Å². The van der Waals surface area contributed by atoms with Gasteiger partial charge >= 0.3 is 0 Å². The fourth-order valence-corrected chi connectivity index (χ4v) is 1.87. The predicted octanol–water partition coefficient (Wildman–Crippen LogP) is 1.61. The summed E-state index contributed by atoms with van der Waals surface area (Å²) >= 11 is 5.90. The van der Waals surface area contributed by atoms with Crippen molar-refractivity contribution in [3.05, 3.63) is 33.3 Å². The monoisotopic (exact) mass is 301 g/mol. The van der Waals surface area contributed by atoms with Crippen LogP contribution in [-0.2, 0) is 4.79 Å². The highest BCUT2D eigenvalue weighted by Crippen LogP contribution is 2.30. The average Bonchev–Trinajstić information content (AvgIpc) is 2.30. The molecular formula is C12H16ClN3O4. The van der Waals surface area contributed by atoms with Crippen LogP contribution in [0.2, 0.25) is 5.02 Å². The molecule has 0 spiro atoms. The zero-order valence-electron chi connectivity index (χ0n) is 11.1. The third kappa shape index (κ3) is 4.07. The van der Waals surface area contributed by atoms with Gasteiger partial charge in [-0.15, -0.1) is 0 Å². The number of primary amides is 1. The van der Waals surface area contributed by atoms with Crippen molar-refractivity contribution >= 4 is 23.2 Å². The summed E-state index contributed by atoms with van der Waals surface area (Å²) in [4.78, 5) is 21.2. The molecule has 1 aromatic carbocycles. The highest BCUT2D eigenvalue weighted by molar-refractivity contribution is 6.32. The minimum Gasteiger partial charge on any atom is -0.489 e. The Labute approximate surface area is 121 Å². The Hall–Kier alpha value is -1.86. The van der Waals surface area contributed by atoms with E-state index in [4.69, 9.17) is 27.8 Å². The number of carbonyl (C=O) groups is 1. The highest BCUT2D eigenvalue weighted by atomic mass is 35.5. The molecule has 110 valence electrons. The van der Waals surface area contributed by atoms with Gasteiger partial charge < -0.3 is 16.2 Å². The van der Waals surface area contributed by atoms with Crippen molar-refractivity contribution in [3.63, 3.8) is 0 Å². The molecule has 20 heavy (non-hydrogen) atoms. The number of nitro benzene ring substituents is 1. The van der Waals surface area contributed by atoms with Crippen LogP contribution in [-0.4, -0.2) is 22.5 Å². The molecule has 1 amide bonds. The number of hydrogen-bond donors (Lipinski definition) is 2. The Kier molecular flexibility index (Phi) is 4.91. The number of amides is 1. The maximum Gasteiger partial charge on any atom is 0.271 e. The first-order chi connectivity index (χ1) is 9.13. The molecule has 1 aromatic rings. The highest BCUT2D eigenvalue weighted by Gasteiger charge is 2.29. The van der Waals surface area contributed by atoms with Crippen LogP contribution in [0.15, 0.2) is 18.2 Å². The minimum atomic E-state index is -1.20. The fourth-order valence-electron chi connectivity index (χ4n) is 1.66. The zero-order chi connectivity index (χ0) is 15.5. The second-order valence-corrected chi connectivity index (χ2v) is 5.19. The largest absolute Gasteiger partial charge is 0.489 e. The van der Waals surface area contributed by atoms with Gasteiger partial charge in [-0.2, -0.15) is 0 Å². The molecule has 0 saturated carbocycles. The number of non-ortho nitro benzene ring substituents is 1. The standard InChI is InChI=1S/C12H16ClN3O4/c1-7(6-12(2,15)11(14)17)20-10-4-3-8(16(18)19)5-9(10)13/h3-5,7H,6,15H2,1-2H3,(H2,14,17). The van der Waals surface area contributed by atoms with E-state index in [1.165, 1.54) is 25.1 Å². The van der Waals surface area contributed by atoms with E-state index < -0.39 is 22.5 Å². The van der Waals surface area contributed by atoms with Gasteiger partial charge in [-0.1, -0.05) is 11.6 Å². The van der Waals surface area contributed by atoms with Crippen LogP contribution in [0.1, 0.15) is 20.3 Å². The number of benzene rings is 1. The summed E-state index contributed by atoms with van der Waals surface area (Å²) in [5.74, 6) is -0.354. The van der Waals surface area contributed by atoms with Crippen LogP contribution in [0, 0.1) is 10.1 Å². The number of ether oxygens (including phenoxy) is 1. The quantitative estimate of drug-likeness (QED) is 0.610. The number of carbonyl (C=O) groups excluding carboxylic acids is 1. The first-order valence-electron chi connectivity index (χ1n) is 5.83. The molecule has 0 aliphatic rings. The van der Waals surface area contributed by atoms with Crippen LogP contribution in [0.4, 0.5) is 5.69 Å². The molecule has 1 rings (SSSR count). The Bertz CT molecular complexity index is 533. The van der Waals surface area contributed by atoms with Gasteiger partial charge in [0.1, 0.15) is 5.75 Å². The number of halogens is 1. The second-order valence-electron chi connectivity index (χ2n) is 4.79. The van der Waals surface area contributed by atoms with E-state index in [0.29, 0.717) is 0 Å². The number of hydrogen-bond acceptors (Lipinski definition) is 5. The molecule has 0 heterocycles. The lowest BCUT2D eigenvalue weighted by atomic mass is 9.95. The molecule has 7 nitrogen and oxygen atoms in total. The molecule has 2 atom stereocenters. The van der Waals surface area contributed by atoms with Crippen molar-refractivity contribution in [1.29, 1.82) is 0 Å². The van der Waals surface area contributed by atoms with Crippen molar-refractivity contribution in [1.82, 2.24) is 0 Å². The lowest BCUT2D eigenvalue weighted by Crippen LogP contribution is -2.51. The third-order valence-corrected chi connectivity index (χ3v) is 3.02. The molecule has 0 fully saturated rings. The predicted molar refractivity (Wildman–Crippen MR) is 74.6 cm³/mol. The molecule has 8 heteroatoms. The number of nitrogens with zero attached hydrogens (tertiary/aromatic N) is 1. The summed E-state index contributed by atoms with van der Waals surface area (Å²) < 4.78 is 5.52. The van der Waals surface area contributed by atoms with E-state index in [1.807, 2.05) is 0 Å². The van der Waals surface area contributed by atoms with Gasteiger partial charge in [-0.3, -0.25) is 14.9 Å². The zero-order valence-corrected chi connectivity index (χ0v) is 11.9. The lowest BCUT2D eigenvalue weighted by Gasteiger charge is -2.25. The second kappa shape index (κ2) is 6.06. The van der Waals surface area contributed by atoms with Gasteiger partial charge in [0.05, 0.1) is 21.6 Å². The molecule has 0 aromatic heterocycles. The minimum absolute atomic E-state index is 0.115. The molecular weight excluding hydrogens is 286 g/mol. The number of nitro groups is 1. The summed E-state index contributed by atoms with van der Waals surface area (Å²) in [5, 5.41) is 10.7. The summed E-state index contributed by atoms with van der Waals surface area (Å²) in [5.41, 5.74) is 9.58. The van der Waals surface area contributed by atoms with Crippen LogP contribution in [0.25, 0.3) is 0 Å². The van der Waals surface area contributed by atoms with E-state index in [9.17, 15) is 14.9 Å². The van der Waals surface area contributed by atoms with Gasteiger partial charge in [0, 0.05) is 18.6 Å². The van der Waals surface area contributed by atoms with Crippen molar-refractivity contribution in [2.45, 2.75) is 31.9 Å². The van der Waals surface area contributed by atoms with E-state index in [1.54, 1.807) is 6.92 Å². The molecule has 0 bridgehead atoms. The Morgan fingerprint density at radius 3 is 2.65 bits per heavy atom. The molecule has 4 N–H and O–H groups in total. The smallest absolute Gasteiger partial charge is 0.271 e. The third-order valence-electron chi connectivity index (χ3n) is 2.73. The van der Waals surface area contributed by atoms with Gasteiger partial charge in [0.15, 0.2) is 0 Å².